The van der Waals surface area contributed by atoms with Crippen LogP contribution in [-0.2, 0) is 16.1 Å². The Morgan fingerprint density at radius 2 is 2.35 bits per heavy atom. The maximum absolute atomic E-state index is 11.3. The molecule has 6 heteroatoms. The monoisotopic (exact) mass is 362 g/mol. The van der Waals surface area contributed by atoms with Gasteiger partial charge in [-0.3, -0.25) is 9.48 Å². The van der Waals surface area contributed by atoms with Crippen LogP contribution in [0.5, 0.6) is 0 Å². The number of thioether (sulfide) groups is 1. The molecule has 90 valence electrons. The standard InChI is InChI=1S/C11H11IN2O2S/c1-16-10(15)6-14-9-4-3-7(17-2)5-8(9)11(12)13-14/h3-5H,6H2,1-2H3. The van der Waals surface area contributed by atoms with Crippen LogP contribution < -0.4 is 0 Å². The fourth-order valence-electron chi connectivity index (χ4n) is 1.55. The summed E-state index contributed by atoms with van der Waals surface area (Å²) in [6.07, 6.45) is 2.03. The molecule has 0 saturated heterocycles. The molecule has 0 aliphatic rings. The highest BCUT2D eigenvalue weighted by Gasteiger charge is 2.11. The van der Waals surface area contributed by atoms with Gasteiger partial charge in [-0.1, -0.05) is 0 Å². The number of aromatic nitrogens is 2. The normalized spacial score (nSPS) is 10.8. The number of nitrogens with zero attached hydrogens (tertiary/aromatic N) is 2. The summed E-state index contributed by atoms with van der Waals surface area (Å²) in [5, 5.41) is 5.42. The van der Waals surface area contributed by atoms with E-state index in [-0.39, 0.29) is 12.5 Å². The number of fused-ring (bicyclic) bond motifs is 1. The highest BCUT2D eigenvalue weighted by molar-refractivity contribution is 14.1. The van der Waals surface area contributed by atoms with Crippen LogP contribution in [0.4, 0.5) is 0 Å². The Morgan fingerprint density at radius 3 is 3.00 bits per heavy atom. The maximum Gasteiger partial charge on any atom is 0.327 e. The second-order valence-corrected chi connectivity index (χ2v) is 5.31. The van der Waals surface area contributed by atoms with Crippen molar-refractivity contribution in [3.05, 3.63) is 21.9 Å². The first-order chi connectivity index (χ1) is 8.15. The third-order valence-electron chi connectivity index (χ3n) is 2.42. The van der Waals surface area contributed by atoms with E-state index >= 15 is 0 Å². The first-order valence-electron chi connectivity index (χ1n) is 4.92. The van der Waals surface area contributed by atoms with Crippen molar-refractivity contribution >= 4 is 51.2 Å². The van der Waals surface area contributed by atoms with E-state index in [4.69, 9.17) is 0 Å². The molecule has 0 radical (unpaired) electrons. The van der Waals surface area contributed by atoms with E-state index in [1.54, 1.807) is 16.4 Å². The van der Waals surface area contributed by atoms with Crippen molar-refractivity contribution in [3.8, 4) is 0 Å². The molecule has 0 saturated carbocycles. The summed E-state index contributed by atoms with van der Waals surface area (Å²) in [6, 6.07) is 6.10. The Kier molecular flexibility index (Phi) is 3.93. The summed E-state index contributed by atoms with van der Waals surface area (Å²) in [5.41, 5.74) is 0.956. The van der Waals surface area contributed by atoms with E-state index in [2.05, 4.69) is 38.5 Å². The number of rotatable bonds is 3. The van der Waals surface area contributed by atoms with Gasteiger partial charge in [0.2, 0.25) is 0 Å². The van der Waals surface area contributed by atoms with Crippen LogP contribution in [0.2, 0.25) is 0 Å². The Balaban J connectivity index is 2.48. The molecule has 0 fully saturated rings. The fraction of sp³-hybridized carbons (Fsp3) is 0.273. The zero-order valence-corrected chi connectivity index (χ0v) is 12.4. The van der Waals surface area contributed by atoms with Crippen molar-refractivity contribution in [2.75, 3.05) is 13.4 Å². The topological polar surface area (TPSA) is 44.1 Å². The van der Waals surface area contributed by atoms with Crippen LogP contribution in [0.25, 0.3) is 10.9 Å². The lowest BCUT2D eigenvalue weighted by Gasteiger charge is -2.02. The van der Waals surface area contributed by atoms with Crippen LogP contribution in [0, 0.1) is 3.70 Å². The number of hydrogen-bond acceptors (Lipinski definition) is 4. The van der Waals surface area contributed by atoms with E-state index in [1.807, 2.05) is 18.4 Å². The van der Waals surface area contributed by atoms with Gasteiger partial charge < -0.3 is 4.74 Å². The van der Waals surface area contributed by atoms with Gasteiger partial charge in [0.25, 0.3) is 0 Å². The summed E-state index contributed by atoms with van der Waals surface area (Å²) < 4.78 is 7.22. The summed E-state index contributed by atoms with van der Waals surface area (Å²) >= 11 is 3.87. The molecule has 0 spiro atoms. The average Bonchev–Trinajstić information content (AvgIpc) is 2.65. The van der Waals surface area contributed by atoms with Crippen LogP contribution in [0.15, 0.2) is 23.1 Å². The van der Waals surface area contributed by atoms with Gasteiger partial charge in [-0.25, -0.2) is 0 Å². The second kappa shape index (κ2) is 5.26. The summed E-state index contributed by atoms with van der Waals surface area (Å²) in [4.78, 5) is 12.5. The van der Waals surface area contributed by atoms with Crippen LogP contribution in [0.3, 0.4) is 0 Å². The minimum atomic E-state index is -0.292. The molecule has 1 heterocycles. The molecule has 0 aliphatic heterocycles. The molecule has 1 aromatic heterocycles. The van der Waals surface area contributed by atoms with Gasteiger partial charge >= 0.3 is 5.97 Å². The molecule has 0 N–H and O–H groups in total. The van der Waals surface area contributed by atoms with Crippen molar-refractivity contribution in [2.45, 2.75) is 11.4 Å². The van der Waals surface area contributed by atoms with Gasteiger partial charge in [-0.2, -0.15) is 5.10 Å². The third-order valence-corrected chi connectivity index (χ3v) is 3.94. The molecule has 0 amide bonds. The van der Waals surface area contributed by atoms with Gasteiger partial charge in [0, 0.05) is 10.3 Å². The SMILES string of the molecule is COC(=O)Cn1nc(I)c2cc(SC)ccc21. The Morgan fingerprint density at radius 1 is 1.59 bits per heavy atom. The number of methoxy groups -OCH3 is 1. The first kappa shape index (κ1) is 12.7. The maximum atomic E-state index is 11.3. The van der Waals surface area contributed by atoms with Gasteiger partial charge in [-0.15, -0.1) is 11.8 Å². The fourth-order valence-corrected chi connectivity index (χ4v) is 2.69. The largest absolute Gasteiger partial charge is 0.468 e. The molecule has 0 bridgehead atoms. The summed E-state index contributed by atoms with van der Waals surface area (Å²) in [7, 11) is 1.38. The van der Waals surface area contributed by atoms with Crippen molar-refractivity contribution in [2.24, 2.45) is 0 Å². The summed E-state index contributed by atoms with van der Waals surface area (Å²) in [6.45, 7) is 0.147. The van der Waals surface area contributed by atoms with E-state index in [1.165, 1.54) is 12.0 Å². The summed E-state index contributed by atoms with van der Waals surface area (Å²) in [5.74, 6) is -0.292. The second-order valence-electron chi connectivity index (χ2n) is 3.41. The number of halogens is 1. The van der Waals surface area contributed by atoms with Crippen molar-refractivity contribution in [3.63, 3.8) is 0 Å². The predicted molar refractivity (Wildman–Crippen MR) is 76.2 cm³/mol. The number of esters is 1. The lowest BCUT2D eigenvalue weighted by molar-refractivity contribution is -0.141. The average molecular weight is 362 g/mol. The van der Waals surface area contributed by atoms with Gasteiger partial charge in [0.1, 0.15) is 10.2 Å². The number of carbonyl (C=O) groups excluding carboxylic acids is 1. The minimum absolute atomic E-state index is 0.147. The first-order valence-corrected chi connectivity index (χ1v) is 7.23. The number of ether oxygens (including phenoxy) is 1. The molecule has 0 unspecified atom stereocenters. The zero-order chi connectivity index (χ0) is 12.4. The number of benzene rings is 1. The molecule has 2 aromatic rings. The van der Waals surface area contributed by atoms with E-state index in [9.17, 15) is 4.79 Å². The Hall–Kier alpha value is -0.760. The van der Waals surface area contributed by atoms with Crippen LogP contribution >= 0.6 is 34.4 Å². The predicted octanol–water partition coefficient (Wildman–Crippen LogP) is 2.54. The zero-order valence-electron chi connectivity index (χ0n) is 9.44. The molecular formula is C11H11IN2O2S. The van der Waals surface area contributed by atoms with E-state index < -0.39 is 0 Å². The molecule has 17 heavy (non-hydrogen) atoms. The molecule has 4 nitrogen and oxygen atoms in total. The smallest absolute Gasteiger partial charge is 0.327 e. The van der Waals surface area contributed by atoms with Crippen molar-refractivity contribution in [1.29, 1.82) is 0 Å². The molecule has 2 rings (SSSR count). The highest BCUT2D eigenvalue weighted by atomic mass is 127. The highest BCUT2D eigenvalue weighted by Crippen LogP contribution is 2.25. The van der Waals surface area contributed by atoms with E-state index in [0.29, 0.717) is 0 Å². The van der Waals surface area contributed by atoms with Crippen LogP contribution in [0.1, 0.15) is 0 Å². The molecular weight excluding hydrogens is 351 g/mol. The van der Waals surface area contributed by atoms with Gasteiger partial charge in [0.15, 0.2) is 0 Å². The van der Waals surface area contributed by atoms with E-state index in [0.717, 1.165) is 14.6 Å². The van der Waals surface area contributed by atoms with Gasteiger partial charge in [0.05, 0.1) is 12.6 Å². The van der Waals surface area contributed by atoms with Crippen molar-refractivity contribution in [1.82, 2.24) is 9.78 Å². The quantitative estimate of drug-likeness (QED) is 0.478. The number of hydrogen-bond donors (Lipinski definition) is 0. The minimum Gasteiger partial charge on any atom is -0.468 e. The molecule has 0 aliphatic carbocycles. The lowest BCUT2D eigenvalue weighted by Crippen LogP contribution is -2.12. The number of carbonyl (C=O) groups is 1. The Bertz CT molecular complexity index is 568. The third kappa shape index (κ3) is 2.57. The lowest BCUT2D eigenvalue weighted by atomic mass is 10.2. The van der Waals surface area contributed by atoms with Gasteiger partial charge in [-0.05, 0) is 47.0 Å². The molecule has 1 aromatic carbocycles. The van der Waals surface area contributed by atoms with Crippen molar-refractivity contribution < 1.29 is 9.53 Å². The Labute approximate surface area is 117 Å². The van der Waals surface area contributed by atoms with Crippen LogP contribution in [-0.4, -0.2) is 29.1 Å². The molecule has 0 atom stereocenters.